The first-order valence-electron chi connectivity index (χ1n) is 11.4. The standard InChI is InChI=1S/C25H28N2O5S/c1-16-7-8-18-13-19(25(28)26-24(18)17(16)2)15-27(20-5-3-4-6-20)33(29,30)21-9-10-22-23(14-21)32-12-11-31-22/h7-10,13-14,20H,3-6,11-12,15H2,1-2H3,(H,26,28). The lowest BCUT2D eigenvalue weighted by atomic mass is 10.0. The van der Waals surface area contributed by atoms with Gasteiger partial charge in [-0.15, -0.1) is 0 Å². The Morgan fingerprint density at radius 1 is 1.00 bits per heavy atom. The van der Waals surface area contributed by atoms with Gasteiger partial charge in [0, 0.05) is 24.2 Å². The van der Waals surface area contributed by atoms with Crippen LogP contribution in [0.3, 0.4) is 0 Å². The number of benzene rings is 2. The van der Waals surface area contributed by atoms with Crippen LogP contribution >= 0.6 is 0 Å². The Labute approximate surface area is 193 Å². The van der Waals surface area contributed by atoms with E-state index in [1.165, 1.54) is 10.4 Å². The Hall–Kier alpha value is -2.84. The average Bonchev–Trinajstić information content (AvgIpc) is 3.34. The second-order valence-corrected chi connectivity index (χ2v) is 10.8. The first-order chi connectivity index (χ1) is 15.8. The summed E-state index contributed by atoms with van der Waals surface area (Å²) >= 11 is 0. The lowest BCUT2D eigenvalue weighted by Gasteiger charge is -2.28. The van der Waals surface area contributed by atoms with Crippen molar-refractivity contribution in [2.24, 2.45) is 0 Å². The van der Waals surface area contributed by atoms with E-state index in [1.54, 1.807) is 12.1 Å². The number of nitrogens with one attached hydrogen (secondary N) is 1. The third-order valence-corrected chi connectivity index (χ3v) is 8.70. The largest absolute Gasteiger partial charge is 0.486 e. The Bertz CT molecular complexity index is 1370. The number of ether oxygens (including phenoxy) is 2. The molecule has 33 heavy (non-hydrogen) atoms. The van der Waals surface area contributed by atoms with Crippen LogP contribution < -0.4 is 15.0 Å². The van der Waals surface area contributed by atoms with Crippen molar-refractivity contribution >= 4 is 20.9 Å². The van der Waals surface area contributed by atoms with Crippen molar-refractivity contribution in [1.82, 2.24) is 9.29 Å². The number of rotatable bonds is 5. The van der Waals surface area contributed by atoms with Crippen molar-refractivity contribution in [2.45, 2.75) is 57.0 Å². The van der Waals surface area contributed by atoms with E-state index in [9.17, 15) is 13.2 Å². The SMILES string of the molecule is Cc1ccc2cc(CN(C3CCCC3)S(=O)(=O)c3ccc4c(c3)OCCO4)c(=O)[nH]c2c1C. The highest BCUT2D eigenvalue weighted by molar-refractivity contribution is 7.89. The van der Waals surface area contributed by atoms with Gasteiger partial charge in [0.15, 0.2) is 11.5 Å². The summed E-state index contributed by atoms with van der Waals surface area (Å²) in [5.74, 6) is 0.979. The lowest BCUT2D eigenvalue weighted by Crippen LogP contribution is -2.39. The smallest absolute Gasteiger partial charge is 0.252 e. The zero-order valence-corrected chi connectivity index (χ0v) is 19.7. The maximum Gasteiger partial charge on any atom is 0.252 e. The number of pyridine rings is 1. The van der Waals surface area contributed by atoms with Gasteiger partial charge in [0.25, 0.3) is 5.56 Å². The van der Waals surface area contributed by atoms with Crippen molar-refractivity contribution in [2.75, 3.05) is 13.2 Å². The normalized spacial score (nSPS) is 16.6. The molecule has 2 aliphatic rings. The van der Waals surface area contributed by atoms with Crippen molar-refractivity contribution in [1.29, 1.82) is 0 Å². The van der Waals surface area contributed by atoms with Gasteiger partial charge in [-0.2, -0.15) is 4.31 Å². The summed E-state index contributed by atoms with van der Waals surface area (Å²) in [4.78, 5) is 16.1. The third kappa shape index (κ3) is 4.02. The van der Waals surface area contributed by atoms with Crippen LogP contribution in [0.1, 0.15) is 42.4 Å². The van der Waals surface area contributed by atoms with E-state index in [1.807, 2.05) is 32.0 Å². The first kappa shape index (κ1) is 22.0. The fraction of sp³-hybridized carbons (Fsp3) is 0.400. The van der Waals surface area contributed by atoms with Gasteiger partial charge in [0.2, 0.25) is 10.0 Å². The second kappa shape index (κ2) is 8.50. The molecule has 5 rings (SSSR count). The number of aromatic nitrogens is 1. The Kier molecular flexibility index (Phi) is 5.66. The minimum atomic E-state index is -3.86. The second-order valence-electron chi connectivity index (χ2n) is 8.89. The van der Waals surface area contributed by atoms with Gasteiger partial charge in [-0.25, -0.2) is 8.42 Å². The van der Waals surface area contributed by atoms with Gasteiger partial charge in [-0.1, -0.05) is 25.0 Å². The number of nitrogens with zero attached hydrogens (tertiary/aromatic N) is 1. The van der Waals surface area contributed by atoms with Crippen molar-refractivity contribution in [3.05, 3.63) is 63.4 Å². The summed E-state index contributed by atoms with van der Waals surface area (Å²) in [6, 6.07) is 10.4. The van der Waals surface area contributed by atoms with Gasteiger partial charge >= 0.3 is 0 Å². The van der Waals surface area contributed by atoms with Gasteiger partial charge < -0.3 is 14.5 Å². The van der Waals surface area contributed by atoms with Gasteiger partial charge in [0.1, 0.15) is 13.2 Å². The summed E-state index contributed by atoms with van der Waals surface area (Å²) in [6.45, 7) is 4.83. The molecule has 3 aromatic rings. The highest BCUT2D eigenvalue weighted by atomic mass is 32.2. The summed E-state index contributed by atoms with van der Waals surface area (Å²) in [5.41, 5.74) is 3.11. The van der Waals surface area contributed by atoms with E-state index in [-0.39, 0.29) is 23.0 Å². The Balaban J connectivity index is 1.56. The summed E-state index contributed by atoms with van der Waals surface area (Å²) in [5, 5.41) is 0.899. The van der Waals surface area contributed by atoms with Crippen LogP contribution in [0.25, 0.3) is 10.9 Å². The van der Waals surface area contributed by atoms with Gasteiger partial charge in [-0.3, -0.25) is 4.79 Å². The molecule has 0 spiro atoms. The molecule has 0 radical (unpaired) electrons. The van der Waals surface area contributed by atoms with Gasteiger partial charge in [-0.05, 0) is 61.4 Å². The molecule has 1 aliphatic heterocycles. The fourth-order valence-corrected chi connectivity index (χ4v) is 6.46. The topological polar surface area (TPSA) is 88.7 Å². The molecule has 1 aromatic heterocycles. The number of aryl methyl sites for hydroxylation is 2. The molecule has 7 nitrogen and oxygen atoms in total. The van der Waals surface area contributed by atoms with E-state index < -0.39 is 10.0 Å². The molecule has 0 atom stereocenters. The van der Waals surface area contributed by atoms with Crippen LogP contribution in [0.15, 0.2) is 46.1 Å². The molecular formula is C25H28N2O5S. The zero-order valence-electron chi connectivity index (χ0n) is 18.9. The van der Waals surface area contributed by atoms with Crippen LogP contribution in [-0.4, -0.2) is 37.0 Å². The minimum absolute atomic E-state index is 0.0274. The summed E-state index contributed by atoms with van der Waals surface area (Å²) < 4.78 is 40.3. The molecule has 0 unspecified atom stereocenters. The Morgan fingerprint density at radius 3 is 2.48 bits per heavy atom. The maximum absolute atomic E-state index is 13.8. The third-order valence-electron chi connectivity index (χ3n) is 6.81. The molecule has 0 amide bonds. The predicted octanol–water partition coefficient (Wildman–Crippen LogP) is 4.05. The highest BCUT2D eigenvalue weighted by Crippen LogP contribution is 2.36. The molecule has 2 heterocycles. The lowest BCUT2D eigenvalue weighted by molar-refractivity contribution is 0.171. The number of aromatic amines is 1. The first-order valence-corrected chi connectivity index (χ1v) is 12.8. The molecule has 2 aromatic carbocycles. The monoisotopic (exact) mass is 468 g/mol. The van der Waals surface area contributed by atoms with Gasteiger partial charge in [0.05, 0.1) is 10.4 Å². The van der Waals surface area contributed by atoms with Crippen LogP contribution in [0, 0.1) is 13.8 Å². The van der Waals surface area contributed by atoms with Crippen LogP contribution in [-0.2, 0) is 16.6 Å². The van der Waals surface area contributed by atoms with E-state index >= 15 is 0 Å². The Morgan fingerprint density at radius 2 is 1.73 bits per heavy atom. The van der Waals surface area contributed by atoms with E-state index in [4.69, 9.17) is 9.47 Å². The molecule has 0 bridgehead atoms. The van der Waals surface area contributed by atoms with Crippen LogP contribution in [0.2, 0.25) is 0 Å². The average molecular weight is 469 g/mol. The zero-order chi connectivity index (χ0) is 23.2. The molecule has 8 heteroatoms. The number of hydrogen-bond acceptors (Lipinski definition) is 5. The van der Waals surface area contributed by atoms with Crippen LogP contribution in [0.4, 0.5) is 0 Å². The number of fused-ring (bicyclic) bond motifs is 2. The summed E-state index contributed by atoms with van der Waals surface area (Å²) in [6.07, 6.45) is 3.52. The number of hydrogen-bond donors (Lipinski definition) is 1. The van der Waals surface area contributed by atoms with E-state index in [0.29, 0.717) is 30.3 Å². The van der Waals surface area contributed by atoms with E-state index in [2.05, 4.69) is 4.98 Å². The fourth-order valence-electron chi connectivity index (χ4n) is 4.78. The molecule has 1 saturated carbocycles. The minimum Gasteiger partial charge on any atom is -0.486 e. The molecule has 0 saturated heterocycles. The molecular weight excluding hydrogens is 440 g/mol. The summed E-state index contributed by atoms with van der Waals surface area (Å²) in [7, 11) is -3.86. The van der Waals surface area contributed by atoms with Crippen molar-refractivity contribution in [3.63, 3.8) is 0 Å². The number of H-pyrrole nitrogens is 1. The van der Waals surface area contributed by atoms with Crippen LogP contribution in [0.5, 0.6) is 11.5 Å². The maximum atomic E-state index is 13.8. The number of sulfonamides is 1. The van der Waals surface area contributed by atoms with E-state index in [0.717, 1.165) is 47.7 Å². The predicted molar refractivity (Wildman–Crippen MR) is 126 cm³/mol. The highest BCUT2D eigenvalue weighted by Gasteiger charge is 2.34. The van der Waals surface area contributed by atoms with Crippen molar-refractivity contribution in [3.8, 4) is 11.5 Å². The molecule has 1 fully saturated rings. The quantitative estimate of drug-likeness (QED) is 0.610. The van der Waals surface area contributed by atoms with Crippen molar-refractivity contribution < 1.29 is 17.9 Å². The molecule has 1 aliphatic carbocycles. The molecule has 1 N–H and O–H groups in total. The molecule has 174 valence electrons.